The Labute approximate surface area is 179 Å². The van der Waals surface area contributed by atoms with Crippen LogP contribution in [0.5, 0.6) is 0 Å². The molecule has 5 nitrogen and oxygen atoms in total. The fourth-order valence-corrected chi connectivity index (χ4v) is 2.94. The van der Waals surface area contributed by atoms with Crippen LogP contribution in [-0.2, 0) is 11.0 Å². The molecule has 0 spiro atoms. The number of rotatable bonds is 5. The second-order valence-corrected chi connectivity index (χ2v) is 6.83. The maximum Gasteiger partial charge on any atom is 0.416 e. The van der Waals surface area contributed by atoms with E-state index in [1.807, 2.05) is 0 Å². The van der Waals surface area contributed by atoms with E-state index >= 15 is 0 Å². The molecule has 0 saturated heterocycles. The van der Waals surface area contributed by atoms with Crippen LogP contribution in [0.15, 0.2) is 72.8 Å². The van der Waals surface area contributed by atoms with Gasteiger partial charge in [0.25, 0.3) is 11.6 Å². The number of nitro benzene ring substituents is 1. The monoisotopic (exact) mass is 446 g/mol. The molecule has 0 aliphatic carbocycles. The Morgan fingerprint density at radius 2 is 1.71 bits per heavy atom. The number of halogens is 4. The quantitative estimate of drug-likeness (QED) is 0.212. The number of nitrogens with zero attached hydrogens (tertiary/aromatic N) is 1. The molecule has 0 fully saturated rings. The number of carbonyl (C=O) groups is 1. The molecule has 0 atom stereocenters. The summed E-state index contributed by atoms with van der Waals surface area (Å²) in [5.41, 5.74) is -0.400. The SMILES string of the molecule is O=C(Nc1cc(C(F)(F)F)ccc1Cl)/C(=C/c1cccc([N+](=O)[O-])c1)c1ccccc1. The van der Waals surface area contributed by atoms with Crippen LogP contribution in [0.2, 0.25) is 5.02 Å². The Bertz CT molecular complexity index is 1160. The van der Waals surface area contributed by atoms with E-state index in [1.54, 1.807) is 36.4 Å². The van der Waals surface area contributed by atoms with E-state index in [-0.39, 0.29) is 22.0 Å². The largest absolute Gasteiger partial charge is 0.416 e. The van der Waals surface area contributed by atoms with Gasteiger partial charge in [-0.25, -0.2) is 0 Å². The van der Waals surface area contributed by atoms with Gasteiger partial charge < -0.3 is 5.32 Å². The van der Waals surface area contributed by atoms with Crippen LogP contribution in [0.25, 0.3) is 11.6 Å². The number of carbonyl (C=O) groups excluding carboxylic acids is 1. The standard InChI is InChI=1S/C22H14ClF3N2O3/c23-19-10-9-16(22(24,25)26)13-20(19)27-21(29)18(15-6-2-1-3-7-15)12-14-5-4-8-17(11-14)28(30)31/h1-13H,(H,27,29)/b18-12+. The first-order valence-electron chi connectivity index (χ1n) is 8.85. The van der Waals surface area contributed by atoms with Crippen LogP contribution in [0.3, 0.4) is 0 Å². The lowest BCUT2D eigenvalue weighted by molar-refractivity contribution is -0.384. The average Bonchev–Trinajstić information content (AvgIpc) is 2.73. The molecule has 0 unspecified atom stereocenters. The smallest absolute Gasteiger partial charge is 0.321 e. The molecule has 3 aromatic carbocycles. The van der Waals surface area contributed by atoms with E-state index < -0.39 is 22.6 Å². The van der Waals surface area contributed by atoms with Crippen LogP contribution < -0.4 is 5.32 Å². The van der Waals surface area contributed by atoms with Crippen molar-refractivity contribution >= 4 is 40.5 Å². The number of anilines is 1. The summed E-state index contributed by atoms with van der Waals surface area (Å²) in [5, 5.41) is 13.4. The normalized spacial score (nSPS) is 11.8. The maximum absolute atomic E-state index is 13.0. The summed E-state index contributed by atoms with van der Waals surface area (Å²) in [7, 11) is 0. The van der Waals surface area contributed by atoms with Gasteiger partial charge in [0, 0.05) is 17.7 Å². The van der Waals surface area contributed by atoms with Crippen molar-refractivity contribution in [2.75, 3.05) is 5.32 Å². The lowest BCUT2D eigenvalue weighted by Gasteiger charge is -2.13. The molecule has 0 aliphatic rings. The highest BCUT2D eigenvalue weighted by molar-refractivity contribution is 6.35. The number of benzene rings is 3. The van der Waals surface area contributed by atoms with Crippen molar-refractivity contribution in [2.24, 2.45) is 0 Å². The van der Waals surface area contributed by atoms with E-state index in [0.717, 1.165) is 18.2 Å². The molecular formula is C22H14ClF3N2O3. The third-order valence-electron chi connectivity index (χ3n) is 4.26. The Hall–Kier alpha value is -3.65. The van der Waals surface area contributed by atoms with Gasteiger partial charge in [-0.05, 0) is 35.4 Å². The number of hydrogen-bond acceptors (Lipinski definition) is 3. The molecule has 9 heteroatoms. The summed E-state index contributed by atoms with van der Waals surface area (Å²) >= 11 is 5.98. The third kappa shape index (κ3) is 5.49. The van der Waals surface area contributed by atoms with Gasteiger partial charge in [0.05, 0.1) is 21.2 Å². The molecule has 0 aromatic heterocycles. The summed E-state index contributed by atoms with van der Waals surface area (Å²) in [6.45, 7) is 0. The summed E-state index contributed by atoms with van der Waals surface area (Å²) in [5.74, 6) is -0.723. The molecule has 0 radical (unpaired) electrons. The first kappa shape index (κ1) is 22.0. The lowest BCUT2D eigenvalue weighted by Crippen LogP contribution is -2.15. The molecule has 0 bridgehead atoms. The summed E-state index contributed by atoms with van der Waals surface area (Å²) in [6, 6.07) is 16.6. The van der Waals surface area contributed by atoms with Crippen molar-refractivity contribution in [3.63, 3.8) is 0 Å². The Kier molecular flexibility index (Phi) is 6.41. The Balaban J connectivity index is 2.03. The fourth-order valence-electron chi connectivity index (χ4n) is 2.78. The number of nitro groups is 1. The summed E-state index contributed by atoms with van der Waals surface area (Å²) in [4.78, 5) is 23.5. The zero-order valence-corrected chi connectivity index (χ0v) is 16.4. The topological polar surface area (TPSA) is 72.2 Å². The summed E-state index contributed by atoms with van der Waals surface area (Å²) in [6.07, 6.45) is -3.19. The first-order chi connectivity index (χ1) is 14.6. The molecule has 158 valence electrons. The Morgan fingerprint density at radius 1 is 1.00 bits per heavy atom. The van der Waals surface area contributed by atoms with E-state index in [2.05, 4.69) is 5.32 Å². The van der Waals surface area contributed by atoms with Gasteiger partial charge in [-0.1, -0.05) is 54.1 Å². The van der Waals surface area contributed by atoms with Crippen LogP contribution in [0.1, 0.15) is 16.7 Å². The fraction of sp³-hybridized carbons (Fsp3) is 0.0455. The van der Waals surface area contributed by atoms with E-state index in [9.17, 15) is 28.1 Å². The van der Waals surface area contributed by atoms with Crippen LogP contribution in [0.4, 0.5) is 24.5 Å². The minimum Gasteiger partial charge on any atom is -0.321 e. The van der Waals surface area contributed by atoms with Gasteiger partial charge in [0.15, 0.2) is 0 Å². The van der Waals surface area contributed by atoms with E-state index in [4.69, 9.17) is 11.6 Å². The minimum atomic E-state index is -4.61. The maximum atomic E-state index is 13.0. The van der Waals surface area contributed by atoms with Gasteiger partial charge in [0.1, 0.15) is 0 Å². The molecule has 3 aromatic rings. The van der Waals surface area contributed by atoms with Gasteiger partial charge in [0.2, 0.25) is 0 Å². The van der Waals surface area contributed by atoms with Crippen molar-refractivity contribution in [1.29, 1.82) is 0 Å². The Morgan fingerprint density at radius 3 is 2.35 bits per heavy atom. The molecule has 1 amide bonds. The van der Waals surface area contributed by atoms with Crippen LogP contribution in [0, 0.1) is 10.1 Å². The van der Waals surface area contributed by atoms with Crippen molar-refractivity contribution in [3.8, 4) is 0 Å². The minimum absolute atomic E-state index is 0.0656. The average molecular weight is 447 g/mol. The number of amides is 1. The molecular weight excluding hydrogens is 433 g/mol. The van der Waals surface area contributed by atoms with Gasteiger partial charge in [-0.15, -0.1) is 0 Å². The van der Waals surface area contributed by atoms with Gasteiger partial charge in [-0.3, -0.25) is 14.9 Å². The zero-order valence-electron chi connectivity index (χ0n) is 15.7. The molecule has 3 rings (SSSR count). The highest BCUT2D eigenvalue weighted by Gasteiger charge is 2.31. The lowest BCUT2D eigenvalue weighted by atomic mass is 10.0. The number of non-ortho nitro benzene ring substituents is 1. The molecule has 0 aliphatic heterocycles. The van der Waals surface area contributed by atoms with Crippen LogP contribution in [-0.4, -0.2) is 10.8 Å². The highest BCUT2D eigenvalue weighted by Crippen LogP contribution is 2.34. The van der Waals surface area contributed by atoms with Crippen molar-refractivity contribution in [1.82, 2.24) is 0 Å². The predicted molar refractivity (Wildman–Crippen MR) is 112 cm³/mol. The first-order valence-corrected chi connectivity index (χ1v) is 9.22. The van der Waals surface area contributed by atoms with Gasteiger partial charge >= 0.3 is 6.18 Å². The zero-order chi connectivity index (χ0) is 22.6. The second kappa shape index (κ2) is 9.01. The second-order valence-electron chi connectivity index (χ2n) is 6.42. The summed E-state index contributed by atoms with van der Waals surface area (Å²) < 4.78 is 39.1. The highest BCUT2D eigenvalue weighted by atomic mass is 35.5. The molecule has 0 heterocycles. The van der Waals surface area contributed by atoms with Crippen molar-refractivity contribution < 1.29 is 22.9 Å². The van der Waals surface area contributed by atoms with Gasteiger partial charge in [-0.2, -0.15) is 13.2 Å². The number of hydrogen-bond donors (Lipinski definition) is 1. The molecule has 31 heavy (non-hydrogen) atoms. The van der Waals surface area contributed by atoms with E-state index in [0.29, 0.717) is 11.1 Å². The molecule has 1 N–H and O–H groups in total. The number of alkyl halides is 3. The van der Waals surface area contributed by atoms with Crippen molar-refractivity contribution in [2.45, 2.75) is 6.18 Å². The van der Waals surface area contributed by atoms with Crippen molar-refractivity contribution in [3.05, 3.63) is 105 Å². The molecule has 0 saturated carbocycles. The van der Waals surface area contributed by atoms with E-state index in [1.165, 1.54) is 24.3 Å². The van der Waals surface area contributed by atoms with Crippen LogP contribution >= 0.6 is 11.6 Å². The predicted octanol–water partition coefficient (Wildman–Crippen LogP) is 6.45. The number of nitrogens with one attached hydrogen (secondary N) is 1. The third-order valence-corrected chi connectivity index (χ3v) is 4.59.